The lowest BCUT2D eigenvalue weighted by Gasteiger charge is -2.13. The predicted octanol–water partition coefficient (Wildman–Crippen LogP) is 5.83. The van der Waals surface area contributed by atoms with Crippen LogP contribution in [-0.2, 0) is 11.4 Å². The zero-order valence-electron chi connectivity index (χ0n) is 18.0. The molecule has 1 aliphatic heterocycles. The fourth-order valence-corrected chi connectivity index (χ4v) is 4.11. The number of nitrogens with zero attached hydrogens (tertiary/aromatic N) is 1. The number of benzene rings is 3. The van der Waals surface area contributed by atoms with Crippen molar-refractivity contribution >= 4 is 29.0 Å². The molecule has 0 radical (unpaired) electrons. The van der Waals surface area contributed by atoms with E-state index in [1.54, 1.807) is 30.3 Å². The Labute approximate surface area is 195 Å². The maximum Gasteiger partial charge on any atom is 0.293 e. The van der Waals surface area contributed by atoms with Crippen molar-refractivity contribution in [3.05, 3.63) is 100 Å². The van der Waals surface area contributed by atoms with Gasteiger partial charge in [-0.1, -0.05) is 36.4 Å². The van der Waals surface area contributed by atoms with Gasteiger partial charge in [-0.05, 0) is 77.9 Å². The van der Waals surface area contributed by atoms with E-state index in [9.17, 15) is 14.0 Å². The summed E-state index contributed by atoms with van der Waals surface area (Å²) in [5.74, 6) is 0.681. The summed E-state index contributed by atoms with van der Waals surface area (Å²) in [5, 5.41) is -0.317. The summed E-state index contributed by atoms with van der Waals surface area (Å²) in [6.07, 6.45) is 1.68. The van der Waals surface area contributed by atoms with E-state index in [0.29, 0.717) is 23.0 Å². The maximum atomic E-state index is 13.0. The lowest BCUT2D eigenvalue weighted by Crippen LogP contribution is -2.32. The first-order valence-corrected chi connectivity index (χ1v) is 11.2. The summed E-state index contributed by atoms with van der Waals surface area (Å²) in [5.41, 5.74) is 2.66. The normalized spacial score (nSPS) is 14.7. The number of amides is 2. The summed E-state index contributed by atoms with van der Waals surface area (Å²) in [4.78, 5) is 26.6. The Hall–Kier alpha value is -3.58. The van der Waals surface area contributed by atoms with Crippen molar-refractivity contribution in [1.29, 1.82) is 0 Å². The van der Waals surface area contributed by atoms with Gasteiger partial charge in [0.2, 0.25) is 0 Å². The molecule has 2 amide bonds. The minimum absolute atomic E-state index is 0.177. The standard InChI is InChI=1S/C26H22FNO4S/c1-18-4-2-6-22(14-18)31-13-12-28-25(29)24(33-26(28)30)16-20-5-3-7-23(15-20)32-17-19-8-10-21(27)11-9-19/h2-11,14-16H,12-13,17H2,1H3/b24-16-. The van der Waals surface area contributed by atoms with E-state index >= 15 is 0 Å². The number of ether oxygens (including phenoxy) is 2. The molecule has 0 aliphatic carbocycles. The molecule has 4 rings (SSSR count). The number of aryl methyl sites for hydroxylation is 1. The highest BCUT2D eigenvalue weighted by Crippen LogP contribution is 2.32. The highest BCUT2D eigenvalue weighted by molar-refractivity contribution is 8.18. The number of rotatable bonds is 8. The molecular weight excluding hydrogens is 441 g/mol. The SMILES string of the molecule is Cc1cccc(OCCN2C(=O)S/C(=C\c3cccc(OCc4ccc(F)cc4)c3)C2=O)c1. The molecule has 1 heterocycles. The van der Waals surface area contributed by atoms with Crippen molar-refractivity contribution in [3.63, 3.8) is 0 Å². The van der Waals surface area contributed by atoms with Gasteiger partial charge in [0.15, 0.2) is 0 Å². The number of halogens is 1. The second kappa shape index (κ2) is 10.4. The van der Waals surface area contributed by atoms with Crippen LogP contribution in [0.25, 0.3) is 6.08 Å². The molecule has 5 nitrogen and oxygen atoms in total. The molecule has 3 aromatic carbocycles. The van der Waals surface area contributed by atoms with Crippen molar-refractivity contribution in [3.8, 4) is 11.5 Å². The second-order valence-corrected chi connectivity index (χ2v) is 8.48. The second-order valence-electron chi connectivity index (χ2n) is 7.49. The Morgan fingerprint density at radius 2 is 1.67 bits per heavy atom. The molecule has 0 N–H and O–H groups in total. The molecule has 1 saturated heterocycles. The lowest BCUT2D eigenvalue weighted by molar-refractivity contribution is -0.123. The number of hydrogen-bond donors (Lipinski definition) is 0. The summed E-state index contributed by atoms with van der Waals surface area (Å²) in [6.45, 7) is 2.66. The van der Waals surface area contributed by atoms with Gasteiger partial charge in [0.25, 0.3) is 11.1 Å². The Bertz CT molecular complexity index is 1190. The highest BCUT2D eigenvalue weighted by Gasteiger charge is 2.34. The van der Waals surface area contributed by atoms with Crippen LogP contribution in [0.1, 0.15) is 16.7 Å². The van der Waals surface area contributed by atoms with Crippen LogP contribution in [0.5, 0.6) is 11.5 Å². The topological polar surface area (TPSA) is 55.8 Å². The van der Waals surface area contributed by atoms with Crippen LogP contribution in [0.3, 0.4) is 0 Å². The lowest BCUT2D eigenvalue weighted by atomic mass is 10.2. The van der Waals surface area contributed by atoms with Gasteiger partial charge in [0.05, 0.1) is 11.4 Å². The molecule has 0 spiro atoms. The molecule has 33 heavy (non-hydrogen) atoms. The van der Waals surface area contributed by atoms with Crippen molar-refractivity contribution in [2.24, 2.45) is 0 Å². The minimum atomic E-state index is -0.338. The van der Waals surface area contributed by atoms with Gasteiger partial charge in [-0.15, -0.1) is 0 Å². The molecule has 1 aliphatic rings. The van der Waals surface area contributed by atoms with Gasteiger partial charge in [-0.25, -0.2) is 4.39 Å². The number of carbonyl (C=O) groups excluding carboxylic acids is 2. The molecule has 0 bridgehead atoms. The van der Waals surface area contributed by atoms with Gasteiger partial charge in [-0.2, -0.15) is 0 Å². The summed E-state index contributed by atoms with van der Waals surface area (Å²) >= 11 is 0.909. The van der Waals surface area contributed by atoms with Crippen LogP contribution in [0.15, 0.2) is 77.7 Å². The third-order valence-corrected chi connectivity index (χ3v) is 5.83. The smallest absolute Gasteiger partial charge is 0.293 e. The first-order chi connectivity index (χ1) is 16.0. The molecule has 0 aromatic heterocycles. The number of imide groups is 1. The average Bonchev–Trinajstić information content (AvgIpc) is 3.06. The van der Waals surface area contributed by atoms with Crippen LogP contribution in [0, 0.1) is 12.7 Å². The van der Waals surface area contributed by atoms with Crippen LogP contribution in [0.2, 0.25) is 0 Å². The predicted molar refractivity (Wildman–Crippen MR) is 127 cm³/mol. The molecule has 0 atom stereocenters. The molecule has 0 unspecified atom stereocenters. The van der Waals surface area contributed by atoms with E-state index in [-0.39, 0.29) is 30.1 Å². The van der Waals surface area contributed by atoms with Gasteiger partial charge in [0, 0.05) is 0 Å². The molecule has 7 heteroatoms. The van der Waals surface area contributed by atoms with E-state index < -0.39 is 0 Å². The zero-order valence-corrected chi connectivity index (χ0v) is 18.8. The Morgan fingerprint density at radius 3 is 2.42 bits per heavy atom. The van der Waals surface area contributed by atoms with Crippen LogP contribution in [0.4, 0.5) is 9.18 Å². The maximum absolute atomic E-state index is 13.0. The third-order valence-electron chi connectivity index (χ3n) is 4.92. The molecule has 1 fully saturated rings. The Morgan fingerprint density at radius 1 is 0.939 bits per heavy atom. The summed E-state index contributed by atoms with van der Waals surface area (Å²) < 4.78 is 24.5. The molecule has 168 valence electrons. The monoisotopic (exact) mass is 463 g/mol. The van der Waals surface area contributed by atoms with E-state index in [1.807, 2.05) is 43.3 Å². The first-order valence-electron chi connectivity index (χ1n) is 10.4. The van der Waals surface area contributed by atoms with E-state index in [1.165, 1.54) is 17.0 Å². The quantitative estimate of drug-likeness (QED) is 0.394. The fourth-order valence-electron chi connectivity index (χ4n) is 3.25. The number of hydrogen-bond acceptors (Lipinski definition) is 5. The van der Waals surface area contributed by atoms with E-state index in [4.69, 9.17) is 9.47 Å². The summed E-state index contributed by atoms with van der Waals surface area (Å²) in [6, 6.07) is 20.9. The Kier molecular flexibility index (Phi) is 7.10. The van der Waals surface area contributed by atoms with Crippen LogP contribution >= 0.6 is 11.8 Å². The number of thioether (sulfide) groups is 1. The third kappa shape index (κ3) is 6.02. The van der Waals surface area contributed by atoms with Crippen molar-refractivity contribution in [2.75, 3.05) is 13.2 Å². The average molecular weight is 464 g/mol. The van der Waals surface area contributed by atoms with Crippen molar-refractivity contribution in [2.45, 2.75) is 13.5 Å². The fraction of sp³-hybridized carbons (Fsp3) is 0.154. The van der Waals surface area contributed by atoms with Crippen LogP contribution in [-0.4, -0.2) is 29.2 Å². The van der Waals surface area contributed by atoms with Crippen LogP contribution < -0.4 is 9.47 Å². The van der Waals surface area contributed by atoms with Crippen molar-refractivity contribution in [1.82, 2.24) is 4.90 Å². The van der Waals surface area contributed by atoms with Gasteiger partial charge in [-0.3, -0.25) is 14.5 Å². The minimum Gasteiger partial charge on any atom is -0.492 e. The first kappa shape index (κ1) is 22.6. The molecular formula is C26H22FNO4S. The largest absolute Gasteiger partial charge is 0.492 e. The van der Waals surface area contributed by atoms with Gasteiger partial charge >= 0.3 is 0 Å². The highest BCUT2D eigenvalue weighted by atomic mass is 32.2. The Balaban J connectivity index is 1.36. The molecule has 0 saturated carbocycles. The summed E-state index contributed by atoms with van der Waals surface area (Å²) in [7, 11) is 0. The zero-order chi connectivity index (χ0) is 23.2. The van der Waals surface area contributed by atoms with E-state index in [0.717, 1.165) is 28.5 Å². The van der Waals surface area contributed by atoms with Gasteiger partial charge in [0.1, 0.15) is 30.5 Å². The van der Waals surface area contributed by atoms with Crippen molar-refractivity contribution < 1.29 is 23.5 Å². The van der Waals surface area contributed by atoms with E-state index in [2.05, 4.69) is 0 Å². The molecule has 3 aromatic rings. The number of carbonyl (C=O) groups is 2. The van der Waals surface area contributed by atoms with Gasteiger partial charge < -0.3 is 9.47 Å².